The van der Waals surface area contributed by atoms with Crippen LogP contribution in [0.5, 0.6) is 0 Å². The van der Waals surface area contributed by atoms with Crippen molar-refractivity contribution < 1.29 is 9.59 Å². The van der Waals surface area contributed by atoms with Gasteiger partial charge < -0.3 is 10.6 Å². The van der Waals surface area contributed by atoms with Crippen LogP contribution >= 0.6 is 0 Å². The van der Waals surface area contributed by atoms with Gasteiger partial charge in [0, 0.05) is 24.6 Å². The molecule has 9 atom stereocenters. The van der Waals surface area contributed by atoms with E-state index >= 15 is 0 Å². The molecule has 2 N–H and O–H groups in total. The lowest BCUT2D eigenvalue weighted by atomic mass is 10.0. The number of rotatable bonds is 5. The highest BCUT2D eigenvalue weighted by Gasteiger charge is 2.68. The summed E-state index contributed by atoms with van der Waals surface area (Å²) in [4.78, 5) is 29.7. The highest BCUT2D eigenvalue weighted by atomic mass is 16.2. The smallest absolute Gasteiger partial charge is 0.229 e. The van der Waals surface area contributed by atoms with Crippen LogP contribution in [0.1, 0.15) is 44.1 Å². The lowest BCUT2D eigenvalue weighted by molar-refractivity contribution is -0.123. The molecule has 0 aromatic carbocycles. The van der Waals surface area contributed by atoms with Crippen LogP contribution < -0.4 is 10.6 Å². The number of nitrogens with zero attached hydrogens (tertiary/aromatic N) is 1. The van der Waals surface area contributed by atoms with E-state index in [4.69, 9.17) is 0 Å². The molecular formula is C24H29N3O2. The average molecular weight is 392 g/mol. The lowest BCUT2D eigenvalue weighted by Crippen LogP contribution is -2.27. The van der Waals surface area contributed by atoms with Gasteiger partial charge in [0.25, 0.3) is 0 Å². The van der Waals surface area contributed by atoms with E-state index in [1.54, 1.807) is 6.20 Å². The minimum atomic E-state index is 0.159. The Morgan fingerprint density at radius 1 is 0.862 bits per heavy atom. The summed E-state index contributed by atoms with van der Waals surface area (Å²) in [5.74, 6) is 7.38. The minimum Gasteiger partial charge on any atom is -0.352 e. The van der Waals surface area contributed by atoms with Crippen LogP contribution in [0.15, 0.2) is 18.3 Å². The van der Waals surface area contributed by atoms with Gasteiger partial charge in [-0.1, -0.05) is 0 Å². The van der Waals surface area contributed by atoms with Gasteiger partial charge in [-0.3, -0.25) is 9.59 Å². The van der Waals surface area contributed by atoms with Gasteiger partial charge in [-0.05, 0) is 104 Å². The Morgan fingerprint density at radius 3 is 2.00 bits per heavy atom. The number of amides is 2. The van der Waals surface area contributed by atoms with Crippen molar-refractivity contribution in [3.05, 3.63) is 23.9 Å². The fourth-order valence-corrected chi connectivity index (χ4v) is 8.52. The number of carbonyl (C=O) groups is 2. The highest BCUT2D eigenvalue weighted by Crippen LogP contribution is 2.70. The summed E-state index contributed by atoms with van der Waals surface area (Å²) in [6.45, 7) is 0.522. The molecule has 0 radical (unpaired) electrons. The molecule has 0 spiro atoms. The number of aromatic nitrogens is 1. The average Bonchev–Trinajstić information content (AvgIpc) is 3.39. The molecule has 5 heteroatoms. The topological polar surface area (TPSA) is 71.1 Å². The number of pyridine rings is 1. The number of nitrogens with one attached hydrogen (secondary N) is 2. The fourth-order valence-electron chi connectivity index (χ4n) is 8.52. The molecule has 7 rings (SSSR count). The zero-order valence-electron chi connectivity index (χ0n) is 16.7. The maximum absolute atomic E-state index is 12.7. The monoisotopic (exact) mass is 391 g/mol. The normalized spacial score (nSPS) is 46.9. The van der Waals surface area contributed by atoms with E-state index in [1.807, 2.05) is 12.1 Å². The molecule has 6 fully saturated rings. The number of carbonyl (C=O) groups excluding carboxylic acids is 2. The third kappa shape index (κ3) is 2.42. The van der Waals surface area contributed by atoms with Crippen molar-refractivity contribution in [2.45, 2.75) is 45.1 Å². The molecule has 29 heavy (non-hydrogen) atoms. The minimum absolute atomic E-state index is 0.159. The van der Waals surface area contributed by atoms with Crippen LogP contribution in [0.3, 0.4) is 0 Å². The Labute approximate surface area is 171 Å². The molecule has 1 aromatic rings. The largest absolute Gasteiger partial charge is 0.352 e. The molecule has 6 aliphatic rings. The first-order chi connectivity index (χ1) is 14.2. The summed E-state index contributed by atoms with van der Waals surface area (Å²) in [6, 6.07) is 3.85. The summed E-state index contributed by atoms with van der Waals surface area (Å²) in [5, 5.41) is 6.20. The molecule has 152 valence electrons. The second kappa shape index (κ2) is 5.83. The third-order valence-corrected chi connectivity index (χ3v) is 9.62. The summed E-state index contributed by atoms with van der Waals surface area (Å²) < 4.78 is 0. The zero-order chi connectivity index (χ0) is 19.3. The molecule has 0 aliphatic heterocycles. The molecule has 1 unspecified atom stereocenters. The molecule has 5 nitrogen and oxygen atoms in total. The fraction of sp³-hybridized carbons (Fsp3) is 0.708. The molecule has 0 saturated heterocycles. The van der Waals surface area contributed by atoms with Gasteiger partial charge in [0.15, 0.2) is 0 Å². The van der Waals surface area contributed by atoms with Crippen LogP contribution in [-0.2, 0) is 16.1 Å². The van der Waals surface area contributed by atoms with E-state index < -0.39 is 0 Å². The van der Waals surface area contributed by atoms with Crippen molar-refractivity contribution in [1.82, 2.24) is 10.3 Å². The van der Waals surface area contributed by atoms with Crippen molar-refractivity contribution >= 4 is 17.6 Å². The number of hydrogen-bond acceptors (Lipinski definition) is 3. The van der Waals surface area contributed by atoms with Crippen LogP contribution in [-0.4, -0.2) is 16.8 Å². The van der Waals surface area contributed by atoms with Crippen molar-refractivity contribution in [3.63, 3.8) is 0 Å². The second-order valence-electron chi connectivity index (χ2n) is 10.8. The van der Waals surface area contributed by atoms with Gasteiger partial charge in [0.1, 0.15) is 5.82 Å². The second-order valence-corrected chi connectivity index (χ2v) is 10.8. The molecule has 1 heterocycles. The van der Waals surface area contributed by atoms with Crippen molar-refractivity contribution in [2.24, 2.45) is 59.2 Å². The van der Waals surface area contributed by atoms with Crippen LogP contribution in [0.25, 0.3) is 0 Å². The molecule has 6 saturated carbocycles. The number of fused-ring (bicyclic) bond motifs is 10. The van der Waals surface area contributed by atoms with Crippen LogP contribution in [0.2, 0.25) is 0 Å². The Morgan fingerprint density at radius 2 is 1.41 bits per heavy atom. The van der Waals surface area contributed by atoms with Gasteiger partial charge in [-0.15, -0.1) is 0 Å². The summed E-state index contributed by atoms with van der Waals surface area (Å²) in [7, 11) is 0. The summed E-state index contributed by atoms with van der Waals surface area (Å²) in [6.07, 6.45) is 9.80. The van der Waals surface area contributed by atoms with Crippen LogP contribution in [0.4, 0.5) is 5.82 Å². The molecule has 6 aliphatic carbocycles. The molecule has 4 bridgehead atoms. The van der Waals surface area contributed by atoms with E-state index in [1.165, 1.54) is 38.5 Å². The maximum Gasteiger partial charge on any atom is 0.229 e. The molecule has 1 aromatic heterocycles. The van der Waals surface area contributed by atoms with Crippen molar-refractivity contribution in [2.75, 3.05) is 5.32 Å². The van der Waals surface area contributed by atoms with Crippen LogP contribution in [0, 0.1) is 59.2 Å². The highest BCUT2D eigenvalue weighted by molar-refractivity contribution is 5.94. The molecule has 2 amide bonds. The zero-order valence-corrected chi connectivity index (χ0v) is 16.7. The summed E-state index contributed by atoms with van der Waals surface area (Å²) >= 11 is 0. The lowest BCUT2D eigenvalue weighted by Gasteiger charge is -2.11. The first-order valence-corrected chi connectivity index (χ1v) is 11.7. The van der Waals surface area contributed by atoms with Gasteiger partial charge >= 0.3 is 0 Å². The Kier molecular flexibility index (Phi) is 3.38. The van der Waals surface area contributed by atoms with E-state index in [9.17, 15) is 9.59 Å². The Balaban J connectivity index is 0.957. The van der Waals surface area contributed by atoms with E-state index in [2.05, 4.69) is 15.6 Å². The van der Waals surface area contributed by atoms with Crippen molar-refractivity contribution in [1.29, 1.82) is 0 Å². The predicted octanol–water partition coefficient (Wildman–Crippen LogP) is 3.22. The third-order valence-electron chi connectivity index (χ3n) is 9.62. The molecular weight excluding hydrogens is 362 g/mol. The Hall–Kier alpha value is -1.91. The van der Waals surface area contributed by atoms with E-state index in [0.717, 1.165) is 29.2 Å². The standard InChI is InChI=1S/C24H29N3O2/c28-23(21-17-12-1-2-13(8-12)18(17)21)26-10-11-5-6-25-16(7-11)27-24(29)22-19-14-3-4-15(9-14)20(19)22/h5-7,12-15,17-22H,1-4,8-10H2,(H,26,28)(H,25,27,29)/t12-,13-,14-,15-,17+,18+,19-,20+,22?/m0/s1. The van der Waals surface area contributed by atoms with Gasteiger partial charge in [0.05, 0.1) is 0 Å². The van der Waals surface area contributed by atoms with E-state index in [0.29, 0.717) is 36.0 Å². The van der Waals surface area contributed by atoms with Gasteiger partial charge in [0.2, 0.25) is 11.8 Å². The predicted molar refractivity (Wildman–Crippen MR) is 107 cm³/mol. The number of hydrogen-bond donors (Lipinski definition) is 2. The van der Waals surface area contributed by atoms with Gasteiger partial charge in [-0.2, -0.15) is 0 Å². The van der Waals surface area contributed by atoms with E-state index in [-0.39, 0.29) is 23.7 Å². The quantitative estimate of drug-likeness (QED) is 0.810. The maximum atomic E-state index is 12.7. The summed E-state index contributed by atoms with van der Waals surface area (Å²) in [5.41, 5.74) is 1.01. The first kappa shape index (κ1) is 16.8. The Bertz CT molecular complexity index is 868. The number of anilines is 1. The first-order valence-electron chi connectivity index (χ1n) is 11.7. The van der Waals surface area contributed by atoms with Crippen molar-refractivity contribution in [3.8, 4) is 0 Å². The van der Waals surface area contributed by atoms with Gasteiger partial charge in [-0.25, -0.2) is 4.98 Å². The SMILES string of the molecule is O=C(NCc1ccnc(NC(=O)C2[C@@H]3[C@H]4CC[C@@H](C4)[C@H]23)c1)C1[C@@H]2[C@H]3CC[C@@H](C3)[C@@H]12.